The summed E-state index contributed by atoms with van der Waals surface area (Å²) in [6, 6.07) is 13.3. The number of hydrogen-bond acceptors (Lipinski definition) is 3. The lowest BCUT2D eigenvalue weighted by Crippen LogP contribution is -2.41. The molecule has 0 radical (unpaired) electrons. The second kappa shape index (κ2) is 6.84. The number of hydrogen-bond donors (Lipinski definition) is 0. The Hall–Kier alpha value is -1.20. The standard InChI is InChI=1S/C19H21BCl2O3/c1-18(2)19(3,4)25-20(24-18)14-7-5-6-13(10-14)12-23-15-8-9-16(21)17(22)11-15/h5-11H,12H2,1-4H3. The molecule has 3 rings (SSSR count). The van der Waals surface area contributed by atoms with Gasteiger partial charge in [0.1, 0.15) is 12.4 Å². The highest BCUT2D eigenvalue weighted by Crippen LogP contribution is 2.36. The van der Waals surface area contributed by atoms with E-state index >= 15 is 0 Å². The molecule has 1 heterocycles. The van der Waals surface area contributed by atoms with Crippen molar-refractivity contribution in [3.8, 4) is 5.75 Å². The van der Waals surface area contributed by atoms with Crippen molar-refractivity contribution in [1.29, 1.82) is 0 Å². The third-order valence-corrected chi connectivity index (χ3v) is 5.51. The monoisotopic (exact) mass is 378 g/mol. The van der Waals surface area contributed by atoms with Gasteiger partial charge in [-0.3, -0.25) is 0 Å². The molecule has 1 aliphatic rings. The zero-order valence-electron chi connectivity index (χ0n) is 14.8. The van der Waals surface area contributed by atoms with Crippen LogP contribution in [0.4, 0.5) is 0 Å². The van der Waals surface area contributed by atoms with Crippen molar-refractivity contribution in [3.05, 3.63) is 58.1 Å². The first kappa shape index (κ1) is 18.6. The number of ether oxygens (including phenoxy) is 1. The average Bonchev–Trinajstić information content (AvgIpc) is 2.77. The first-order chi connectivity index (χ1) is 11.7. The van der Waals surface area contributed by atoms with E-state index in [1.807, 2.05) is 52.0 Å². The van der Waals surface area contributed by atoms with Gasteiger partial charge in [-0.15, -0.1) is 0 Å². The Morgan fingerprint density at radius 3 is 2.24 bits per heavy atom. The van der Waals surface area contributed by atoms with Gasteiger partial charge in [-0.2, -0.15) is 0 Å². The fourth-order valence-electron chi connectivity index (χ4n) is 2.54. The molecule has 0 spiro atoms. The molecule has 6 heteroatoms. The first-order valence-electron chi connectivity index (χ1n) is 8.20. The number of benzene rings is 2. The minimum atomic E-state index is -0.380. The summed E-state index contributed by atoms with van der Waals surface area (Å²) in [5.41, 5.74) is 1.29. The second-order valence-electron chi connectivity index (χ2n) is 7.20. The molecule has 1 saturated heterocycles. The molecule has 2 aromatic carbocycles. The molecule has 0 amide bonds. The SMILES string of the molecule is CC1(C)OB(c2cccc(COc3ccc(Cl)c(Cl)c3)c2)OC1(C)C. The highest BCUT2D eigenvalue weighted by Gasteiger charge is 2.51. The summed E-state index contributed by atoms with van der Waals surface area (Å²) >= 11 is 11.9. The lowest BCUT2D eigenvalue weighted by atomic mass is 9.78. The molecule has 0 aliphatic carbocycles. The smallest absolute Gasteiger partial charge is 0.489 e. The zero-order valence-corrected chi connectivity index (χ0v) is 16.3. The predicted molar refractivity (Wildman–Crippen MR) is 103 cm³/mol. The third-order valence-electron chi connectivity index (χ3n) is 4.77. The summed E-state index contributed by atoms with van der Waals surface area (Å²) in [5.74, 6) is 0.676. The van der Waals surface area contributed by atoms with Crippen molar-refractivity contribution in [2.75, 3.05) is 0 Å². The molecule has 3 nitrogen and oxygen atoms in total. The van der Waals surface area contributed by atoms with Crippen LogP contribution >= 0.6 is 23.2 Å². The van der Waals surface area contributed by atoms with Crippen molar-refractivity contribution in [2.24, 2.45) is 0 Å². The zero-order chi connectivity index (χ0) is 18.2. The predicted octanol–water partition coefficient (Wildman–Crippen LogP) is 4.87. The summed E-state index contributed by atoms with van der Waals surface area (Å²) in [6.07, 6.45) is 0. The maximum atomic E-state index is 6.10. The molecule has 0 N–H and O–H groups in total. The van der Waals surface area contributed by atoms with Crippen LogP contribution in [-0.2, 0) is 15.9 Å². The van der Waals surface area contributed by atoms with Gasteiger partial charge in [0.2, 0.25) is 0 Å². The van der Waals surface area contributed by atoms with Crippen LogP contribution in [0.3, 0.4) is 0 Å². The van der Waals surface area contributed by atoms with Crippen molar-refractivity contribution in [2.45, 2.75) is 45.5 Å². The molecule has 0 bridgehead atoms. The van der Waals surface area contributed by atoms with E-state index in [-0.39, 0.29) is 18.3 Å². The first-order valence-corrected chi connectivity index (χ1v) is 8.96. The molecule has 132 valence electrons. The molecule has 0 aromatic heterocycles. The van der Waals surface area contributed by atoms with Crippen LogP contribution in [0.2, 0.25) is 10.0 Å². The lowest BCUT2D eigenvalue weighted by molar-refractivity contribution is 0.00578. The van der Waals surface area contributed by atoms with Gasteiger partial charge in [-0.05, 0) is 50.9 Å². The topological polar surface area (TPSA) is 27.7 Å². The van der Waals surface area contributed by atoms with E-state index in [2.05, 4.69) is 0 Å². The van der Waals surface area contributed by atoms with Gasteiger partial charge in [0, 0.05) is 6.07 Å². The molecule has 25 heavy (non-hydrogen) atoms. The molecular formula is C19H21BCl2O3. The summed E-state index contributed by atoms with van der Waals surface area (Å²) in [4.78, 5) is 0. The van der Waals surface area contributed by atoms with E-state index in [1.54, 1.807) is 18.2 Å². The third kappa shape index (κ3) is 3.98. The van der Waals surface area contributed by atoms with Crippen molar-refractivity contribution in [3.63, 3.8) is 0 Å². The Morgan fingerprint density at radius 2 is 1.60 bits per heavy atom. The van der Waals surface area contributed by atoms with Crippen LogP contribution in [0.5, 0.6) is 5.75 Å². The minimum absolute atomic E-state index is 0.357. The number of rotatable bonds is 4. The summed E-state index contributed by atoms with van der Waals surface area (Å²) in [5, 5.41) is 0.988. The van der Waals surface area contributed by atoms with E-state index in [4.69, 9.17) is 37.2 Å². The Balaban J connectivity index is 1.71. The molecule has 1 fully saturated rings. The minimum Gasteiger partial charge on any atom is -0.489 e. The quantitative estimate of drug-likeness (QED) is 0.710. The second-order valence-corrected chi connectivity index (χ2v) is 8.01. The number of halogens is 2. The Morgan fingerprint density at radius 1 is 0.920 bits per heavy atom. The van der Waals surface area contributed by atoms with Gasteiger partial charge < -0.3 is 14.0 Å². The van der Waals surface area contributed by atoms with Gasteiger partial charge in [0.05, 0.1) is 21.2 Å². The Kier molecular flexibility index (Phi) is 5.09. The molecule has 2 aromatic rings. The summed E-state index contributed by atoms with van der Waals surface area (Å²) in [7, 11) is -0.380. The Bertz CT molecular complexity index is 761. The average molecular weight is 379 g/mol. The highest BCUT2D eigenvalue weighted by atomic mass is 35.5. The van der Waals surface area contributed by atoms with Crippen LogP contribution < -0.4 is 10.2 Å². The van der Waals surface area contributed by atoms with Gasteiger partial charge in [-0.25, -0.2) is 0 Å². The van der Waals surface area contributed by atoms with Gasteiger partial charge in [0.25, 0.3) is 0 Å². The van der Waals surface area contributed by atoms with Crippen molar-refractivity contribution >= 4 is 35.8 Å². The van der Waals surface area contributed by atoms with Crippen LogP contribution in [0, 0.1) is 0 Å². The fourth-order valence-corrected chi connectivity index (χ4v) is 2.83. The highest BCUT2D eigenvalue weighted by molar-refractivity contribution is 6.62. The molecule has 0 unspecified atom stereocenters. The summed E-state index contributed by atoms with van der Waals surface area (Å²) in [6.45, 7) is 8.61. The van der Waals surface area contributed by atoms with E-state index in [0.717, 1.165) is 11.0 Å². The molecule has 1 aliphatic heterocycles. The maximum absolute atomic E-state index is 6.10. The van der Waals surface area contributed by atoms with E-state index in [1.165, 1.54) is 0 Å². The normalized spacial score (nSPS) is 18.4. The molecule has 0 atom stereocenters. The van der Waals surface area contributed by atoms with Crippen LogP contribution in [0.15, 0.2) is 42.5 Å². The molecule has 0 saturated carbocycles. The van der Waals surface area contributed by atoms with Crippen molar-refractivity contribution in [1.82, 2.24) is 0 Å². The van der Waals surface area contributed by atoms with E-state index < -0.39 is 0 Å². The van der Waals surface area contributed by atoms with E-state index in [9.17, 15) is 0 Å². The molecular weight excluding hydrogens is 358 g/mol. The fraction of sp³-hybridized carbons (Fsp3) is 0.368. The largest absolute Gasteiger partial charge is 0.494 e. The van der Waals surface area contributed by atoms with Crippen LogP contribution in [0.1, 0.15) is 33.3 Å². The maximum Gasteiger partial charge on any atom is 0.494 e. The Labute approximate surface area is 159 Å². The van der Waals surface area contributed by atoms with Crippen molar-refractivity contribution < 1.29 is 14.0 Å². The van der Waals surface area contributed by atoms with Gasteiger partial charge >= 0.3 is 7.12 Å². The van der Waals surface area contributed by atoms with Crippen LogP contribution in [-0.4, -0.2) is 18.3 Å². The summed E-state index contributed by atoms with van der Waals surface area (Å²) < 4.78 is 18.0. The van der Waals surface area contributed by atoms with E-state index in [0.29, 0.717) is 22.4 Å². The van der Waals surface area contributed by atoms with Crippen LogP contribution in [0.25, 0.3) is 0 Å². The lowest BCUT2D eigenvalue weighted by Gasteiger charge is -2.32. The van der Waals surface area contributed by atoms with Gasteiger partial charge in [0.15, 0.2) is 0 Å². The van der Waals surface area contributed by atoms with Gasteiger partial charge in [-0.1, -0.05) is 47.5 Å².